The van der Waals surface area contributed by atoms with Gasteiger partial charge in [-0.05, 0) is 25.7 Å². The maximum Gasteiger partial charge on any atom is 0.472 e. The van der Waals surface area contributed by atoms with Crippen LogP contribution in [0, 0.1) is 0 Å². The van der Waals surface area contributed by atoms with Crippen molar-refractivity contribution in [1.82, 2.24) is 0 Å². The molecule has 0 spiro atoms. The minimum absolute atomic E-state index is 0.107. The first kappa shape index (κ1) is 94.1. The fourth-order valence-corrected chi connectivity index (χ4v) is 13.5. The molecule has 0 aliphatic carbocycles. The van der Waals surface area contributed by atoms with E-state index in [1.54, 1.807) is 0 Å². The second-order valence-corrected chi connectivity index (χ2v) is 30.7. The smallest absolute Gasteiger partial charge is 0.462 e. The quantitative estimate of drug-likeness (QED) is 0.0222. The van der Waals surface area contributed by atoms with Gasteiger partial charge in [0, 0.05) is 25.7 Å². The van der Waals surface area contributed by atoms with Gasteiger partial charge in [-0.25, -0.2) is 9.13 Å². The Labute approximate surface area is 588 Å². The van der Waals surface area contributed by atoms with Crippen LogP contribution in [0.1, 0.15) is 413 Å². The van der Waals surface area contributed by atoms with Crippen LogP contribution in [0.25, 0.3) is 0 Å². The Hall–Kier alpha value is -1.94. The zero-order chi connectivity index (χ0) is 70.4. The average molecular weight is 1410 g/mol. The molecule has 3 N–H and O–H groups in total. The predicted molar refractivity (Wildman–Crippen MR) is 391 cm³/mol. The molecule has 0 aromatic rings. The highest BCUT2D eigenvalue weighted by Crippen LogP contribution is 2.45. The monoisotopic (exact) mass is 1410 g/mol. The van der Waals surface area contributed by atoms with Crippen LogP contribution in [-0.4, -0.2) is 96.7 Å². The molecule has 19 heteroatoms. The van der Waals surface area contributed by atoms with Gasteiger partial charge in [-0.2, -0.15) is 0 Å². The number of hydrogen-bond acceptors (Lipinski definition) is 15. The van der Waals surface area contributed by atoms with E-state index in [0.29, 0.717) is 25.7 Å². The van der Waals surface area contributed by atoms with Crippen molar-refractivity contribution in [3.8, 4) is 0 Å². The molecule has 17 nitrogen and oxygen atoms in total. The molecular formula is C77H150O17P2. The fraction of sp³-hybridized carbons (Fsp3) is 0.948. The first-order valence-electron chi connectivity index (χ1n) is 40.3. The molecular weight excluding hydrogens is 1260 g/mol. The van der Waals surface area contributed by atoms with Crippen LogP contribution >= 0.6 is 15.6 Å². The first-order valence-corrected chi connectivity index (χ1v) is 43.3. The number of phosphoric ester groups is 2. The molecule has 0 saturated heterocycles. The molecule has 0 radical (unpaired) electrons. The van der Waals surface area contributed by atoms with Gasteiger partial charge in [-0.1, -0.05) is 362 Å². The average Bonchev–Trinajstić information content (AvgIpc) is 3.38. The number of carbonyl (C=O) groups excluding carboxylic acids is 4. The molecule has 2 unspecified atom stereocenters. The van der Waals surface area contributed by atoms with Gasteiger partial charge in [0.15, 0.2) is 12.2 Å². The Kier molecular flexibility index (Phi) is 70.0. The van der Waals surface area contributed by atoms with Gasteiger partial charge >= 0.3 is 39.5 Å². The third-order valence-corrected chi connectivity index (χ3v) is 20.0. The van der Waals surface area contributed by atoms with E-state index < -0.39 is 97.5 Å². The van der Waals surface area contributed by atoms with Crippen LogP contribution in [0.15, 0.2) is 0 Å². The van der Waals surface area contributed by atoms with Gasteiger partial charge < -0.3 is 33.8 Å². The minimum atomic E-state index is -4.96. The number of aliphatic hydroxyl groups excluding tert-OH is 1. The lowest BCUT2D eigenvalue weighted by molar-refractivity contribution is -0.161. The Morgan fingerprint density at radius 3 is 0.615 bits per heavy atom. The number of hydrogen-bond donors (Lipinski definition) is 3. The zero-order valence-electron chi connectivity index (χ0n) is 62.4. The second kappa shape index (κ2) is 71.5. The van der Waals surface area contributed by atoms with Crippen molar-refractivity contribution >= 4 is 39.5 Å². The summed E-state index contributed by atoms with van der Waals surface area (Å²) in [7, 11) is -9.90. The third kappa shape index (κ3) is 70.5. The molecule has 0 saturated carbocycles. The molecule has 0 aromatic heterocycles. The predicted octanol–water partition coefficient (Wildman–Crippen LogP) is 23.0. The Morgan fingerprint density at radius 2 is 0.417 bits per heavy atom. The molecule has 0 rings (SSSR count). The number of rotatable bonds is 78. The zero-order valence-corrected chi connectivity index (χ0v) is 64.1. The highest BCUT2D eigenvalue weighted by atomic mass is 31.2. The Morgan fingerprint density at radius 1 is 0.250 bits per heavy atom. The Bertz CT molecular complexity index is 1830. The molecule has 5 atom stereocenters. The fourth-order valence-electron chi connectivity index (χ4n) is 11.9. The van der Waals surface area contributed by atoms with Crippen molar-refractivity contribution in [2.24, 2.45) is 0 Å². The molecule has 0 bridgehead atoms. The van der Waals surface area contributed by atoms with Crippen LogP contribution in [0.5, 0.6) is 0 Å². The Balaban J connectivity index is 5.14. The summed E-state index contributed by atoms with van der Waals surface area (Å²) in [6, 6.07) is 0. The van der Waals surface area contributed by atoms with Crippen molar-refractivity contribution in [3.63, 3.8) is 0 Å². The van der Waals surface area contributed by atoms with E-state index in [0.717, 1.165) is 103 Å². The molecule has 0 amide bonds. The second-order valence-electron chi connectivity index (χ2n) is 27.7. The SMILES string of the molecule is CCCCCCCCCCCCCCCCCCCCCCC(=O)O[C@H](COC(=O)CCCCCCCCCCCCCCCCCCCCC)COP(=O)(O)OC[C@@H](O)COP(=O)(O)OC[C@@H](COC(=O)CCCCCCCCC)OC(=O)CCCCCCCCCCCC. The highest BCUT2D eigenvalue weighted by Gasteiger charge is 2.30. The number of esters is 4. The van der Waals surface area contributed by atoms with Gasteiger partial charge in [-0.3, -0.25) is 37.3 Å². The number of unbranched alkanes of at least 4 members (excludes halogenated alkanes) is 52. The highest BCUT2D eigenvalue weighted by molar-refractivity contribution is 7.47. The summed E-state index contributed by atoms with van der Waals surface area (Å²) in [5.41, 5.74) is 0. The van der Waals surface area contributed by atoms with Crippen molar-refractivity contribution in [1.29, 1.82) is 0 Å². The number of aliphatic hydroxyl groups is 1. The van der Waals surface area contributed by atoms with Crippen molar-refractivity contribution in [2.75, 3.05) is 39.6 Å². The van der Waals surface area contributed by atoms with E-state index >= 15 is 0 Å². The van der Waals surface area contributed by atoms with E-state index in [1.165, 1.54) is 231 Å². The van der Waals surface area contributed by atoms with Gasteiger partial charge in [0.25, 0.3) is 0 Å². The van der Waals surface area contributed by atoms with Gasteiger partial charge in [0.1, 0.15) is 19.3 Å². The maximum atomic E-state index is 13.1. The molecule has 0 aliphatic rings. The lowest BCUT2D eigenvalue weighted by Gasteiger charge is -2.21. The van der Waals surface area contributed by atoms with E-state index in [1.807, 2.05) is 0 Å². The van der Waals surface area contributed by atoms with Crippen LogP contribution in [0.2, 0.25) is 0 Å². The molecule has 570 valence electrons. The van der Waals surface area contributed by atoms with Gasteiger partial charge in [0.2, 0.25) is 0 Å². The summed E-state index contributed by atoms with van der Waals surface area (Å²) in [4.78, 5) is 72.6. The topological polar surface area (TPSA) is 237 Å². The summed E-state index contributed by atoms with van der Waals surface area (Å²) in [5, 5.41) is 10.6. The minimum Gasteiger partial charge on any atom is -0.462 e. The van der Waals surface area contributed by atoms with Crippen molar-refractivity contribution in [3.05, 3.63) is 0 Å². The van der Waals surface area contributed by atoms with Gasteiger partial charge in [0.05, 0.1) is 26.4 Å². The summed E-state index contributed by atoms with van der Waals surface area (Å²) >= 11 is 0. The lowest BCUT2D eigenvalue weighted by atomic mass is 10.0. The largest absolute Gasteiger partial charge is 0.472 e. The summed E-state index contributed by atoms with van der Waals surface area (Å²) in [5.74, 6) is -2.12. The van der Waals surface area contributed by atoms with Gasteiger partial charge in [-0.15, -0.1) is 0 Å². The van der Waals surface area contributed by atoms with Crippen molar-refractivity contribution < 1.29 is 80.2 Å². The van der Waals surface area contributed by atoms with Crippen LogP contribution in [0.4, 0.5) is 0 Å². The van der Waals surface area contributed by atoms with E-state index in [4.69, 9.17) is 37.0 Å². The number of ether oxygens (including phenoxy) is 4. The summed E-state index contributed by atoms with van der Waals surface area (Å²) in [6.45, 7) is 4.94. The van der Waals surface area contributed by atoms with E-state index in [-0.39, 0.29) is 25.7 Å². The van der Waals surface area contributed by atoms with E-state index in [9.17, 15) is 43.2 Å². The number of phosphoric acid groups is 2. The summed E-state index contributed by atoms with van der Waals surface area (Å²) in [6.07, 6.45) is 62.7. The van der Waals surface area contributed by atoms with Crippen LogP contribution in [0.3, 0.4) is 0 Å². The first-order chi connectivity index (χ1) is 46.7. The lowest BCUT2D eigenvalue weighted by Crippen LogP contribution is -2.30. The summed E-state index contributed by atoms with van der Waals surface area (Å²) < 4.78 is 68.4. The molecule has 96 heavy (non-hydrogen) atoms. The van der Waals surface area contributed by atoms with Crippen LogP contribution in [-0.2, 0) is 65.4 Å². The molecule has 0 aromatic carbocycles. The third-order valence-electron chi connectivity index (χ3n) is 18.1. The normalized spacial score (nSPS) is 13.9. The van der Waals surface area contributed by atoms with E-state index in [2.05, 4.69) is 27.7 Å². The molecule has 0 heterocycles. The molecule has 0 aliphatic heterocycles. The number of carbonyl (C=O) groups is 4. The standard InChI is InChI=1S/C77H150O17P2/c1-5-9-13-17-21-24-27-29-31-33-35-37-39-41-43-45-48-52-56-60-64-77(82)94-73(68-88-75(80)62-58-54-50-47-44-42-40-38-36-34-32-30-28-25-22-18-14-10-6-2)70-92-96(85,86)90-66-71(78)65-89-95(83,84)91-69-72(67-87-74(79)61-57-53-49-20-16-12-8-4)93-76(81)63-59-55-51-46-26-23-19-15-11-7-3/h71-73,78H,5-70H2,1-4H3,(H,83,84)(H,85,86)/t71-,72+,73+/m0/s1. The van der Waals surface area contributed by atoms with Crippen molar-refractivity contribution in [2.45, 2.75) is 431 Å². The van der Waals surface area contributed by atoms with Crippen LogP contribution < -0.4 is 0 Å². The molecule has 0 fully saturated rings. The maximum absolute atomic E-state index is 13.1.